The Labute approximate surface area is 148 Å². The van der Waals surface area contributed by atoms with Crippen molar-refractivity contribution < 1.29 is 19.0 Å². The molecule has 24 heavy (non-hydrogen) atoms. The van der Waals surface area contributed by atoms with E-state index in [-0.39, 0.29) is 25.1 Å². The van der Waals surface area contributed by atoms with Gasteiger partial charge in [0, 0.05) is 6.42 Å². The fourth-order valence-corrected chi connectivity index (χ4v) is 3.10. The summed E-state index contributed by atoms with van der Waals surface area (Å²) in [7, 11) is 0. The molecule has 1 heterocycles. The van der Waals surface area contributed by atoms with Crippen LogP contribution in [0.4, 0.5) is 0 Å². The first-order valence-electron chi connectivity index (χ1n) is 10.1. The standard InChI is InChI=1S/C20H38O4/c1-4-5-6-7-8-9-10-11-12-13-14-15-20(24-18(2)3)22-16-19(21)17-23-20/h18H,4-17H2,1-3H3. The molecule has 1 fully saturated rings. The Bertz CT molecular complexity index is 318. The van der Waals surface area contributed by atoms with Crippen LogP contribution < -0.4 is 0 Å². The zero-order chi connectivity index (χ0) is 17.7. The number of carbonyl (C=O) groups is 1. The van der Waals surface area contributed by atoms with Crippen LogP contribution in [-0.2, 0) is 19.0 Å². The van der Waals surface area contributed by atoms with Crippen molar-refractivity contribution in [2.75, 3.05) is 13.2 Å². The molecule has 0 saturated carbocycles. The summed E-state index contributed by atoms with van der Waals surface area (Å²) in [5.41, 5.74) is 0. The van der Waals surface area contributed by atoms with Crippen LogP contribution in [0.15, 0.2) is 0 Å². The molecule has 1 saturated heterocycles. The van der Waals surface area contributed by atoms with Crippen molar-refractivity contribution in [2.24, 2.45) is 0 Å². The van der Waals surface area contributed by atoms with Crippen molar-refractivity contribution in [3.8, 4) is 0 Å². The number of hydrogen-bond acceptors (Lipinski definition) is 4. The Morgan fingerprint density at radius 1 is 0.875 bits per heavy atom. The van der Waals surface area contributed by atoms with Gasteiger partial charge in [-0.15, -0.1) is 0 Å². The Morgan fingerprint density at radius 3 is 1.79 bits per heavy atom. The van der Waals surface area contributed by atoms with Gasteiger partial charge in [-0.1, -0.05) is 71.1 Å². The fraction of sp³-hybridized carbons (Fsp3) is 0.950. The number of carbonyl (C=O) groups excluding carboxylic acids is 1. The molecule has 0 aromatic rings. The van der Waals surface area contributed by atoms with Gasteiger partial charge in [0.25, 0.3) is 5.97 Å². The van der Waals surface area contributed by atoms with Crippen LogP contribution in [0.2, 0.25) is 0 Å². The van der Waals surface area contributed by atoms with Crippen molar-refractivity contribution in [3.63, 3.8) is 0 Å². The monoisotopic (exact) mass is 342 g/mol. The quantitative estimate of drug-likeness (QED) is 0.397. The van der Waals surface area contributed by atoms with Crippen LogP contribution in [0, 0.1) is 0 Å². The summed E-state index contributed by atoms with van der Waals surface area (Å²) in [6.07, 6.45) is 15.1. The molecule has 0 aromatic heterocycles. The summed E-state index contributed by atoms with van der Waals surface area (Å²) >= 11 is 0. The Balaban J connectivity index is 2.06. The predicted octanol–water partition coefficient (Wildman–Crippen LogP) is 5.38. The number of ether oxygens (including phenoxy) is 3. The predicted molar refractivity (Wildman–Crippen MR) is 96.9 cm³/mol. The normalized spacial score (nSPS) is 17.6. The highest BCUT2D eigenvalue weighted by atomic mass is 16.9. The topological polar surface area (TPSA) is 44.8 Å². The van der Waals surface area contributed by atoms with Gasteiger partial charge in [0.05, 0.1) is 6.10 Å². The molecule has 1 aliphatic rings. The first kappa shape index (κ1) is 21.6. The zero-order valence-corrected chi connectivity index (χ0v) is 16.1. The Morgan fingerprint density at radius 2 is 1.33 bits per heavy atom. The van der Waals surface area contributed by atoms with Crippen molar-refractivity contribution in [1.29, 1.82) is 0 Å². The number of ketones is 1. The number of unbranched alkanes of at least 4 members (excludes halogenated alkanes) is 10. The summed E-state index contributed by atoms with van der Waals surface area (Å²) in [6.45, 7) is 6.39. The molecular weight excluding hydrogens is 304 g/mol. The van der Waals surface area contributed by atoms with Crippen LogP contribution in [0.5, 0.6) is 0 Å². The van der Waals surface area contributed by atoms with E-state index in [1.165, 1.54) is 64.2 Å². The van der Waals surface area contributed by atoms with Gasteiger partial charge >= 0.3 is 0 Å². The second-order valence-corrected chi connectivity index (χ2v) is 7.25. The molecule has 1 aliphatic heterocycles. The minimum absolute atomic E-state index is 0.0167. The van der Waals surface area contributed by atoms with Gasteiger partial charge in [0.15, 0.2) is 5.78 Å². The molecule has 0 atom stereocenters. The highest BCUT2D eigenvalue weighted by molar-refractivity contribution is 5.81. The van der Waals surface area contributed by atoms with Crippen molar-refractivity contribution >= 4 is 5.78 Å². The van der Waals surface area contributed by atoms with Crippen LogP contribution in [0.3, 0.4) is 0 Å². The average molecular weight is 343 g/mol. The molecule has 0 aromatic carbocycles. The van der Waals surface area contributed by atoms with E-state index < -0.39 is 5.97 Å². The minimum atomic E-state index is -0.999. The molecule has 142 valence electrons. The maximum absolute atomic E-state index is 11.3. The number of hydrogen-bond donors (Lipinski definition) is 0. The van der Waals surface area contributed by atoms with Gasteiger partial charge in [0.2, 0.25) is 0 Å². The third kappa shape index (κ3) is 9.75. The van der Waals surface area contributed by atoms with Crippen LogP contribution in [0.1, 0.15) is 97.8 Å². The lowest BCUT2D eigenvalue weighted by atomic mass is 10.0. The van der Waals surface area contributed by atoms with E-state index in [1.54, 1.807) is 0 Å². The number of rotatable bonds is 14. The van der Waals surface area contributed by atoms with Crippen molar-refractivity contribution in [3.05, 3.63) is 0 Å². The van der Waals surface area contributed by atoms with Gasteiger partial charge in [-0.05, 0) is 20.3 Å². The lowest BCUT2D eigenvalue weighted by molar-refractivity contribution is -0.398. The molecule has 0 unspecified atom stereocenters. The molecule has 4 heteroatoms. The molecule has 4 nitrogen and oxygen atoms in total. The second kappa shape index (κ2) is 12.8. The van der Waals surface area contributed by atoms with Crippen molar-refractivity contribution in [1.82, 2.24) is 0 Å². The third-order valence-electron chi connectivity index (χ3n) is 4.41. The van der Waals surface area contributed by atoms with Gasteiger partial charge in [-0.2, -0.15) is 0 Å². The molecule has 0 aliphatic carbocycles. The molecule has 0 radical (unpaired) electrons. The van der Waals surface area contributed by atoms with Crippen LogP contribution in [-0.4, -0.2) is 31.1 Å². The van der Waals surface area contributed by atoms with E-state index in [2.05, 4.69) is 6.92 Å². The maximum Gasteiger partial charge on any atom is 0.283 e. The molecule has 0 amide bonds. The molecule has 0 bridgehead atoms. The average Bonchev–Trinajstić information content (AvgIpc) is 2.55. The Hall–Kier alpha value is -0.450. The lowest BCUT2D eigenvalue weighted by Crippen LogP contribution is -2.48. The Kier molecular flexibility index (Phi) is 11.6. The minimum Gasteiger partial charge on any atom is -0.325 e. The van der Waals surface area contributed by atoms with Crippen LogP contribution in [0.25, 0.3) is 0 Å². The number of Topliss-reactive ketones (excluding diaryl/α,β-unsaturated/α-hetero) is 1. The van der Waals surface area contributed by atoms with E-state index in [1.807, 2.05) is 13.8 Å². The fourth-order valence-electron chi connectivity index (χ4n) is 3.10. The summed E-state index contributed by atoms with van der Waals surface area (Å²) in [5, 5.41) is 0. The second-order valence-electron chi connectivity index (χ2n) is 7.25. The first-order chi connectivity index (χ1) is 11.6. The van der Waals surface area contributed by atoms with E-state index in [9.17, 15) is 4.79 Å². The third-order valence-corrected chi connectivity index (χ3v) is 4.41. The van der Waals surface area contributed by atoms with Gasteiger partial charge in [-0.3, -0.25) is 4.79 Å². The van der Waals surface area contributed by atoms with Gasteiger partial charge < -0.3 is 14.2 Å². The molecule has 1 rings (SSSR count). The zero-order valence-electron chi connectivity index (χ0n) is 16.1. The smallest absolute Gasteiger partial charge is 0.283 e. The molecule has 0 spiro atoms. The highest BCUT2D eigenvalue weighted by Crippen LogP contribution is 2.28. The lowest BCUT2D eigenvalue weighted by Gasteiger charge is -2.37. The molecular formula is C20H38O4. The summed E-state index contributed by atoms with van der Waals surface area (Å²) < 4.78 is 17.0. The summed E-state index contributed by atoms with van der Waals surface area (Å²) in [6, 6.07) is 0. The first-order valence-corrected chi connectivity index (χ1v) is 10.1. The molecule has 0 N–H and O–H groups in total. The van der Waals surface area contributed by atoms with Gasteiger partial charge in [-0.25, -0.2) is 0 Å². The van der Waals surface area contributed by atoms with E-state index >= 15 is 0 Å². The highest BCUT2D eigenvalue weighted by Gasteiger charge is 2.38. The van der Waals surface area contributed by atoms with E-state index in [4.69, 9.17) is 14.2 Å². The SMILES string of the molecule is CCCCCCCCCCCCCC1(OC(C)C)OCC(=O)CO1. The maximum atomic E-state index is 11.3. The largest absolute Gasteiger partial charge is 0.325 e. The summed E-state index contributed by atoms with van der Waals surface area (Å²) in [5.74, 6) is -1.02. The van der Waals surface area contributed by atoms with Crippen molar-refractivity contribution in [2.45, 2.75) is 110 Å². The van der Waals surface area contributed by atoms with E-state index in [0.29, 0.717) is 6.42 Å². The van der Waals surface area contributed by atoms with Gasteiger partial charge in [0.1, 0.15) is 13.2 Å². The van der Waals surface area contributed by atoms with Crippen LogP contribution >= 0.6 is 0 Å². The van der Waals surface area contributed by atoms with E-state index in [0.717, 1.165) is 6.42 Å². The summed E-state index contributed by atoms with van der Waals surface area (Å²) in [4.78, 5) is 11.3.